The molecule has 4 amide bonds. The first kappa shape index (κ1) is 64.1. The largest absolute Gasteiger partial charge is 0.465 e. The molecule has 6 fully saturated rings. The second kappa shape index (κ2) is 25.2. The highest BCUT2D eigenvalue weighted by molar-refractivity contribution is 5.90. The van der Waals surface area contributed by atoms with Crippen molar-refractivity contribution < 1.29 is 44.0 Å². The van der Waals surface area contributed by atoms with Crippen LogP contribution in [0.2, 0.25) is 0 Å². The van der Waals surface area contributed by atoms with Crippen molar-refractivity contribution in [2.24, 2.45) is 92.2 Å². The maximum absolute atomic E-state index is 14.5. The van der Waals surface area contributed by atoms with Crippen LogP contribution in [0.3, 0.4) is 0 Å². The average molecular weight is 1090 g/mol. The number of nitrogens with zero attached hydrogens (tertiary/aromatic N) is 3. The maximum atomic E-state index is 14.5. The highest BCUT2D eigenvalue weighted by Gasteiger charge is 2.71. The summed E-state index contributed by atoms with van der Waals surface area (Å²) in [5.41, 5.74) is 1.35. The lowest BCUT2D eigenvalue weighted by Crippen LogP contribution is -2.66. The summed E-state index contributed by atoms with van der Waals surface area (Å²) in [6, 6.07) is -2.10. The van der Waals surface area contributed by atoms with Gasteiger partial charge in [0.1, 0.15) is 6.04 Å². The molecule has 1 heterocycles. The Morgan fingerprint density at radius 3 is 2.06 bits per heavy atom. The van der Waals surface area contributed by atoms with Crippen LogP contribution < -0.4 is 10.6 Å². The zero-order chi connectivity index (χ0) is 58.2. The Labute approximate surface area is 472 Å². The van der Waals surface area contributed by atoms with Crippen LogP contribution >= 0.6 is 0 Å². The van der Waals surface area contributed by atoms with Crippen molar-refractivity contribution >= 4 is 29.6 Å². The Balaban J connectivity index is 1.12. The van der Waals surface area contributed by atoms with Crippen molar-refractivity contribution in [2.45, 2.75) is 217 Å². The Morgan fingerprint density at radius 1 is 0.795 bits per heavy atom. The van der Waals surface area contributed by atoms with E-state index in [1.54, 1.807) is 16.8 Å². The van der Waals surface area contributed by atoms with Crippen LogP contribution in [-0.2, 0) is 28.7 Å². The van der Waals surface area contributed by atoms with E-state index in [1.807, 2.05) is 67.5 Å². The van der Waals surface area contributed by atoms with Crippen LogP contribution in [0.5, 0.6) is 0 Å². The predicted octanol–water partition coefficient (Wildman–Crippen LogP) is 8.89. The monoisotopic (exact) mass is 1090 g/mol. The minimum atomic E-state index is -0.803. The second-order valence-electron chi connectivity index (χ2n) is 28.8. The van der Waals surface area contributed by atoms with Gasteiger partial charge in [-0.05, 0) is 167 Å². The van der Waals surface area contributed by atoms with Crippen LogP contribution in [-0.4, -0.2) is 144 Å². The lowest BCUT2D eigenvalue weighted by Gasteiger charge is -2.73. The minimum absolute atomic E-state index is 0.0113. The minimum Gasteiger partial charge on any atom is -0.465 e. The van der Waals surface area contributed by atoms with Crippen molar-refractivity contribution in [2.75, 3.05) is 54.1 Å². The molecule has 0 aromatic rings. The summed E-state index contributed by atoms with van der Waals surface area (Å²) >= 11 is 0. The number of fused-ring (bicyclic) bond motifs is 7. The summed E-state index contributed by atoms with van der Waals surface area (Å²) in [6.07, 6.45) is 13.1. The molecule has 18 atom stereocenters. The number of esters is 1. The molecule has 1 saturated heterocycles. The van der Waals surface area contributed by atoms with Crippen molar-refractivity contribution in [1.29, 1.82) is 0 Å². The number of likely N-dealkylation sites (N-methyl/N-ethyl adjacent to an activating group) is 2. The number of aliphatic hydroxyl groups excluding tert-OH is 3. The number of carbonyl (C=O) groups is 5. The lowest BCUT2D eigenvalue weighted by atomic mass is 9.32. The fourth-order valence-electron chi connectivity index (χ4n) is 19.0. The van der Waals surface area contributed by atoms with Crippen LogP contribution in [0, 0.1) is 92.2 Å². The SMILES string of the molecule is C=C(CCNC(=O)[C@H](C)[C@@H](CO)C1CCCN1C(=O)C[C@@H](CO)[C@H]([C@@H](C)CC)N(C)C(=O)[C@@H](NC(=O)[C@H](C(C)C)N(C)C)C(C)C)[C@@H]1CC[C@]2(COC(C)=O)CC[C@]3(C)C(CCC4[C@@]5(C)CC[C@H](O)C(C)(C)[C@@H]5CC[C@]43C)[C@@H]12. The van der Waals surface area contributed by atoms with Crippen molar-refractivity contribution in [3.63, 3.8) is 0 Å². The quantitative estimate of drug-likeness (QED) is 0.0489. The molecule has 14 heteroatoms. The van der Waals surface area contributed by atoms with E-state index in [-0.39, 0.29) is 112 Å². The highest BCUT2D eigenvalue weighted by Crippen LogP contribution is 2.77. The normalized spacial score (nSPS) is 35.0. The van der Waals surface area contributed by atoms with E-state index in [0.717, 1.165) is 63.4 Å². The number of aliphatic hydroxyl groups is 3. The maximum Gasteiger partial charge on any atom is 0.302 e. The van der Waals surface area contributed by atoms with E-state index in [1.165, 1.54) is 19.8 Å². The zero-order valence-electron chi connectivity index (χ0n) is 51.7. The zero-order valence-corrected chi connectivity index (χ0v) is 51.7. The molecule has 0 aromatic heterocycles. The third-order valence-electron chi connectivity index (χ3n) is 23.7. The summed E-state index contributed by atoms with van der Waals surface area (Å²) in [5, 5.41) is 39.5. The number of rotatable bonds is 23. The van der Waals surface area contributed by atoms with Crippen molar-refractivity contribution in [1.82, 2.24) is 25.3 Å². The summed E-state index contributed by atoms with van der Waals surface area (Å²) in [5.74, 6) is -0.933. The van der Waals surface area contributed by atoms with Crippen LogP contribution in [0.4, 0.5) is 0 Å². The van der Waals surface area contributed by atoms with Crippen LogP contribution in [0.15, 0.2) is 12.2 Å². The smallest absolute Gasteiger partial charge is 0.302 e. The van der Waals surface area contributed by atoms with E-state index in [2.05, 4.69) is 45.3 Å². The van der Waals surface area contributed by atoms with E-state index in [4.69, 9.17) is 11.3 Å². The first-order chi connectivity index (χ1) is 36.4. The number of likely N-dealkylation sites (tertiary alicyclic amines) is 1. The van der Waals surface area contributed by atoms with Gasteiger partial charge in [-0.3, -0.25) is 28.9 Å². The van der Waals surface area contributed by atoms with Gasteiger partial charge in [0.05, 0.1) is 18.8 Å². The molecule has 5 aliphatic carbocycles. The highest BCUT2D eigenvalue weighted by atomic mass is 16.5. The number of hydrogen-bond donors (Lipinski definition) is 5. The Hall–Kier alpha value is -3.07. The van der Waals surface area contributed by atoms with Crippen LogP contribution in [0.25, 0.3) is 0 Å². The molecular weight excluding hydrogens is 983 g/mol. The first-order valence-electron chi connectivity index (χ1n) is 31.0. The predicted molar refractivity (Wildman–Crippen MR) is 308 cm³/mol. The molecule has 3 unspecified atom stereocenters. The summed E-state index contributed by atoms with van der Waals surface area (Å²) < 4.78 is 5.99. The molecular formula is C64H111N5O9. The Morgan fingerprint density at radius 2 is 1.47 bits per heavy atom. The molecule has 78 heavy (non-hydrogen) atoms. The molecule has 0 radical (unpaired) electrons. The molecule has 6 aliphatic rings. The molecule has 5 N–H and O–H groups in total. The van der Waals surface area contributed by atoms with Crippen LogP contribution in [0.1, 0.15) is 186 Å². The fourth-order valence-corrected chi connectivity index (χ4v) is 19.0. The summed E-state index contributed by atoms with van der Waals surface area (Å²) in [4.78, 5) is 74.5. The number of nitrogens with one attached hydrogen (secondary N) is 2. The molecule has 446 valence electrons. The third-order valence-corrected chi connectivity index (χ3v) is 23.7. The Bertz CT molecular complexity index is 2120. The number of ether oxygens (including phenoxy) is 1. The number of carbonyl (C=O) groups excluding carboxylic acids is 5. The fraction of sp³-hybridized carbons (Fsp3) is 0.891. The molecule has 6 rings (SSSR count). The topological polar surface area (TPSA) is 189 Å². The van der Waals surface area contributed by atoms with Gasteiger partial charge < -0.3 is 40.5 Å². The molecule has 14 nitrogen and oxygen atoms in total. The van der Waals surface area contributed by atoms with Gasteiger partial charge >= 0.3 is 5.97 Å². The number of hydrogen-bond acceptors (Lipinski definition) is 10. The van der Waals surface area contributed by atoms with Crippen molar-refractivity contribution in [3.05, 3.63) is 12.2 Å². The molecule has 0 bridgehead atoms. The summed E-state index contributed by atoms with van der Waals surface area (Å²) in [6.45, 7) is 33.1. The first-order valence-corrected chi connectivity index (χ1v) is 31.0. The molecule has 1 aliphatic heterocycles. The van der Waals surface area contributed by atoms with Gasteiger partial charge in [-0.15, -0.1) is 0 Å². The lowest BCUT2D eigenvalue weighted by molar-refractivity contribution is -0.250. The standard InChI is InChI=1S/C64H111N5O9/c1-18-40(6)56(68(17)59(77)54(38(2)3)66-58(76)55(39(4)5)67(15)16)44(35-70)34-52(74)69-33-19-20-48(69)46(36-71)42(8)57(75)65-32-26-41(7)45-23-29-64(37-78-43(9)72)31-30-62(13)47(53(45)64)21-22-50-61(12)27-25-51(73)60(10,11)49(61)24-28-63(50,62)14/h38-40,42,44-51,53-56,70-71,73H,7,18-37H2,1-6,8-17H3,(H,65,75)(H,66,76)/t40-,42+,44-,45-,46+,47?,48?,49-,50?,51-,53+,54-,55-,56-,61-,62+,63+,64+/m0/s1. The van der Waals surface area contributed by atoms with E-state index < -0.39 is 35.9 Å². The summed E-state index contributed by atoms with van der Waals surface area (Å²) in [7, 11) is 5.42. The second-order valence-corrected chi connectivity index (χ2v) is 28.8. The van der Waals surface area contributed by atoms with Gasteiger partial charge in [0.2, 0.25) is 23.6 Å². The van der Waals surface area contributed by atoms with Gasteiger partial charge in [-0.25, -0.2) is 0 Å². The molecule has 0 spiro atoms. The van der Waals surface area contributed by atoms with Gasteiger partial charge in [0.25, 0.3) is 0 Å². The van der Waals surface area contributed by atoms with E-state index in [9.17, 15) is 39.3 Å². The molecule has 0 aromatic carbocycles. The van der Waals surface area contributed by atoms with E-state index in [0.29, 0.717) is 62.6 Å². The van der Waals surface area contributed by atoms with Gasteiger partial charge in [0, 0.05) is 81.9 Å². The average Bonchev–Trinajstić information content (AvgIpc) is 3.94. The third kappa shape index (κ3) is 11.9. The number of amides is 4. The van der Waals surface area contributed by atoms with E-state index >= 15 is 0 Å². The van der Waals surface area contributed by atoms with Crippen molar-refractivity contribution in [3.8, 4) is 0 Å². The molecule has 5 saturated carbocycles. The van der Waals surface area contributed by atoms with Gasteiger partial charge in [-0.2, -0.15) is 0 Å². The van der Waals surface area contributed by atoms with Gasteiger partial charge in [0.15, 0.2) is 0 Å². The van der Waals surface area contributed by atoms with Gasteiger partial charge in [-0.1, -0.05) is 102 Å². The Kier molecular flexibility index (Phi) is 20.7.